The number of benzene rings is 4. The molecule has 4 aromatic carbocycles. The van der Waals surface area contributed by atoms with E-state index in [1.807, 2.05) is 13.8 Å². The van der Waals surface area contributed by atoms with Crippen LogP contribution in [0.1, 0.15) is 87.5 Å². The van der Waals surface area contributed by atoms with E-state index in [0.717, 1.165) is 17.1 Å². The van der Waals surface area contributed by atoms with Gasteiger partial charge in [-0.1, -0.05) is 67.7 Å². The summed E-state index contributed by atoms with van der Waals surface area (Å²) < 4.78 is 56.4. The molecule has 0 spiro atoms. The van der Waals surface area contributed by atoms with E-state index < -0.39 is 45.1 Å². The van der Waals surface area contributed by atoms with E-state index in [2.05, 4.69) is 30.6 Å². The zero-order valence-corrected chi connectivity index (χ0v) is 39.2. The van der Waals surface area contributed by atoms with Crippen molar-refractivity contribution in [1.82, 2.24) is 4.90 Å². The van der Waals surface area contributed by atoms with Gasteiger partial charge in [0.15, 0.2) is 22.0 Å². The molecule has 0 bridgehead atoms. The molecule has 0 atom stereocenters. The minimum absolute atomic E-state index is 0.0840. The minimum atomic E-state index is -3.79. The first kappa shape index (κ1) is 52.1. The third-order valence-electron chi connectivity index (χ3n) is 8.64. The van der Waals surface area contributed by atoms with Crippen molar-refractivity contribution in [1.29, 1.82) is 0 Å². The van der Waals surface area contributed by atoms with Crippen molar-refractivity contribution < 1.29 is 51.6 Å². The van der Waals surface area contributed by atoms with Crippen LogP contribution in [0, 0.1) is 29.5 Å². The lowest BCUT2D eigenvalue weighted by molar-refractivity contribution is -0.152. The van der Waals surface area contributed by atoms with Gasteiger partial charge in [-0.05, 0) is 113 Å². The van der Waals surface area contributed by atoms with Crippen molar-refractivity contribution in [2.24, 2.45) is 0 Å². The molecule has 0 radical (unpaired) electrons. The van der Waals surface area contributed by atoms with Gasteiger partial charge in [-0.25, -0.2) is 22.4 Å². The van der Waals surface area contributed by atoms with Gasteiger partial charge >= 0.3 is 11.9 Å². The molecule has 1 aliphatic heterocycles. The van der Waals surface area contributed by atoms with Crippen LogP contribution in [-0.2, 0) is 24.2 Å². The molecule has 2 N–H and O–H groups in total. The Morgan fingerprint density at radius 2 is 1.44 bits per heavy atom. The van der Waals surface area contributed by atoms with E-state index in [1.54, 1.807) is 73.0 Å². The number of nitrogens with zero attached hydrogens (tertiary/aromatic N) is 1. The van der Waals surface area contributed by atoms with Crippen LogP contribution in [0.3, 0.4) is 0 Å². The number of halogens is 3. The summed E-state index contributed by atoms with van der Waals surface area (Å²) in [6.07, 6.45) is 1.02. The predicted octanol–water partition coefficient (Wildman–Crippen LogP) is 9.51. The number of amides is 1. The van der Waals surface area contributed by atoms with Gasteiger partial charge in [-0.3, -0.25) is 4.79 Å². The number of carbonyl (C=O) groups is 3. The number of hydrogen-bond acceptors (Lipinski definition) is 9. The van der Waals surface area contributed by atoms with Crippen LogP contribution >= 0.6 is 35.0 Å². The third-order valence-corrected chi connectivity index (χ3v) is 12.5. The number of carbonyl (C=O) groups excluding carboxylic acids is 1. The molecule has 5 rings (SSSR count). The molecule has 0 saturated carbocycles. The number of ether oxygens (including phenoxy) is 3. The van der Waals surface area contributed by atoms with Gasteiger partial charge in [0.05, 0.1) is 45.6 Å². The number of aliphatic carboxylic acids is 2. The van der Waals surface area contributed by atoms with Crippen LogP contribution in [0.2, 0.25) is 10.0 Å². The number of carboxylic acids is 2. The van der Waals surface area contributed by atoms with Gasteiger partial charge in [-0.2, -0.15) is 0 Å². The highest BCUT2D eigenvalue weighted by Gasteiger charge is 2.31. The number of carboxylic acid groups (broad SMARTS) is 2. The van der Waals surface area contributed by atoms with Gasteiger partial charge in [0.25, 0.3) is 5.91 Å². The van der Waals surface area contributed by atoms with Crippen LogP contribution in [0.4, 0.5) is 4.39 Å². The van der Waals surface area contributed by atoms with Gasteiger partial charge in [0.2, 0.25) is 0 Å². The SMILES string of the molecule is CC.CC(C)S(=O)(=O)c1cc(C#Cc2cc(Cl)ccc2OCC(=O)O)ccc1C(=O)N1CCOCC1.CCCSc1ccc(F)c(C#Cc2cc(Cl)ccc2OC(C)(C)C(=O)O)c1. The summed E-state index contributed by atoms with van der Waals surface area (Å²) in [6, 6.07) is 18.5. The van der Waals surface area contributed by atoms with E-state index in [4.69, 9.17) is 42.5 Å². The zero-order chi connectivity index (χ0) is 46.9. The Hall–Kier alpha value is -5.22. The Labute approximate surface area is 383 Å². The van der Waals surface area contributed by atoms with Crippen LogP contribution in [-0.4, -0.2) is 90.9 Å². The lowest BCUT2D eigenvalue weighted by Crippen LogP contribution is -2.41. The molecular weight excluding hydrogens is 893 g/mol. The summed E-state index contributed by atoms with van der Waals surface area (Å²) in [4.78, 5) is 37.7. The maximum atomic E-state index is 14.1. The third kappa shape index (κ3) is 15.5. The van der Waals surface area contributed by atoms with Gasteiger partial charge < -0.3 is 29.3 Å². The van der Waals surface area contributed by atoms with Crippen molar-refractivity contribution in [2.45, 2.75) is 75.5 Å². The highest BCUT2D eigenvalue weighted by Crippen LogP contribution is 2.28. The topological polar surface area (TPSA) is 157 Å². The lowest BCUT2D eigenvalue weighted by Gasteiger charge is -2.27. The molecule has 63 heavy (non-hydrogen) atoms. The molecule has 0 aliphatic carbocycles. The number of morpholine rings is 1. The molecular formula is C47H50Cl2FNO10S2. The normalized spacial score (nSPS) is 12.2. The largest absolute Gasteiger partial charge is 0.481 e. The smallest absolute Gasteiger partial charge is 0.347 e. The lowest BCUT2D eigenvalue weighted by atomic mass is 10.1. The van der Waals surface area contributed by atoms with Crippen molar-refractivity contribution in [3.8, 4) is 35.2 Å². The van der Waals surface area contributed by atoms with Crippen molar-refractivity contribution in [3.05, 3.63) is 116 Å². The maximum absolute atomic E-state index is 14.1. The highest BCUT2D eigenvalue weighted by atomic mass is 35.5. The zero-order valence-electron chi connectivity index (χ0n) is 36.0. The quantitative estimate of drug-likeness (QED) is 0.103. The Morgan fingerprint density at radius 3 is 2.03 bits per heavy atom. The molecule has 1 aliphatic rings. The Morgan fingerprint density at radius 1 is 0.857 bits per heavy atom. The summed E-state index contributed by atoms with van der Waals surface area (Å²) in [5, 5.41) is 18.2. The molecule has 1 fully saturated rings. The molecule has 1 amide bonds. The molecule has 4 aromatic rings. The van der Waals surface area contributed by atoms with Crippen LogP contribution < -0.4 is 9.47 Å². The molecule has 0 unspecified atom stereocenters. The van der Waals surface area contributed by atoms with E-state index in [9.17, 15) is 32.3 Å². The average molecular weight is 943 g/mol. The van der Waals surface area contributed by atoms with Crippen LogP contribution in [0.25, 0.3) is 0 Å². The highest BCUT2D eigenvalue weighted by molar-refractivity contribution is 7.99. The second-order valence-corrected chi connectivity index (χ2v) is 18.6. The Bertz CT molecular complexity index is 2500. The first-order chi connectivity index (χ1) is 29.8. The second-order valence-electron chi connectivity index (χ2n) is 14.1. The van der Waals surface area contributed by atoms with Crippen molar-refractivity contribution in [2.75, 3.05) is 38.7 Å². The van der Waals surface area contributed by atoms with E-state index in [-0.39, 0.29) is 33.4 Å². The fraction of sp³-hybridized carbons (Fsp3) is 0.340. The standard InChI is InChI=1S/C24H24ClNO7S.C21H20ClFO3S.C2H6/c1-16(2)34(30,31)22-13-17(4-7-20(22)24(29)26-9-11-32-12-10-26)3-5-18-14-19(25)6-8-21(18)33-15-23(27)28;1-4-11-27-17-8-9-18(23)14(13-17)5-6-15-12-16(22)7-10-19(15)26-21(2,3)20(24)25;1-2/h4,6-8,13-14,16H,9-12,15H2,1-2H3,(H,27,28);7-10,12-13H,4,11H2,1-3H3,(H,24,25);1-2H3. The average Bonchev–Trinajstić information content (AvgIpc) is 3.26. The summed E-state index contributed by atoms with van der Waals surface area (Å²) in [6.45, 7) is 13.1. The van der Waals surface area contributed by atoms with Crippen molar-refractivity contribution >= 4 is 62.6 Å². The summed E-state index contributed by atoms with van der Waals surface area (Å²) in [7, 11) is -3.79. The Kier molecular flexibility index (Phi) is 20.3. The first-order valence-corrected chi connectivity index (χ1v) is 23.2. The van der Waals surface area contributed by atoms with E-state index in [0.29, 0.717) is 53.0 Å². The van der Waals surface area contributed by atoms with E-state index in [1.165, 1.54) is 44.2 Å². The van der Waals surface area contributed by atoms with Crippen LogP contribution in [0.5, 0.6) is 11.5 Å². The molecule has 11 nitrogen and oxygen atoms in total. The number of hydrogen-bond donors (Lipinski definition) is 2. The Balaban J connectivity index is 0.000000331. The maximum Gasteiger partial charge on any atom is 0.347 e. The number of rotatable bonds is 12. The van der Waals surface area contributed by atoms with Gasteiger partial charge in [0.1, 0.15) is 17.3 Å². The summed E-state index contributed by atoms with van der Waals surface area (Å²) >= 11 is 13.7. The summed E-state index contributed by atoms with van der Waals surface area (Å²) in [5.74, 6) is 9.78. The van der Waals surface area contributed by atoms with Crippen molar-refractivity contribution in [3.63, 3.8) is 0 Å². The molecule has 0 aromatic heterocycles. The summed E-state index contributed by atoms with van der Waals surface area (Å²) in [5.41, 5.74) is 0.0146. The number of thioether (sulfide) groups is 1. The van der Waals surface area contributed by atoms with E-state index >= 15 is 0 Å². The molecule has 16 heteroatoms. The van der Waals surface area contributed by atoms with Gasteiger partial charge in [-0.15, -0.1) is 11.8 Å². The second kappa shape index (κ2) is 24.6. The van der Waals surface area contributed by atoms with Crippen LogP contribution in [0.15, 0.2) is 82.6 Å². The molecule has 1 heterocycles. The first-order valence-electron chi connectivity index (χ1n) is 19.9. The fourth-order valence-corrected chi connectivity index (χ4v) is 7.67. The molecule has 336 valence electrons. The fourth-order valence-electron chi connectivity index (χ4n) is 5.26. The predicted molar refractivity (Wildman–Crippen MR) is 245 cm³/mol. The minimum Gasteiger partial charge on any atom is -0.481 e. The number of sulfone groups is 1. The molecule has 1 saturated heterocycles. The monoisotopic (exact) mass is 941 g/mol. The van der Waals surface area contributed by atoms with Gasteiger partial charge in [0, 0.05) is 33.6 Å².